The maximum Gasteiger partial charge on any atom is 0.0734 e. The first-order valence-electron chi connectivity index (χ1n) is 17.9. The van der Waals surface area contributed by atoms with E-state index in [1.807, 2.05) is 22.7 Å². The van der Waals surface area contributed by atoms with E-state index in [-0.39, 0.29) is 0 Å². The maximum absolute atomic E-state index is 2.58. The average Bonchev–Trinajstić information content (AvgIpc) is 3.95. The number of thiophene rings is 2. The van der Waals surface area contributed by atoms with Gasteiger partial charge in [-0.15, -0.1) is 22.7 Å². The third-order valence-corrected chi connectivity index (χ3v) is 13.8. The summed E-state index contributed by atoms with van der Waals surface area (Å²) in [7, 11) is 0. The molecule has 3 heterocycles. The fourth-order valence-corrected chi connectivity index (χ4v) is 12.0. The molecule has 12 rings (SSSR count). The SMILES string of the molecule is c1ccc(C2(c3ccccc3)c3ccccc3-c3ccc(-n4c5ccccc5c5c6sc7ccccc7c6c6c7ccccc7sc6c54)cc32)cc1. The Morgan fingerprint density at radius 3 is 1.65 bits per heavy atom. The van der Waals surface area contributed by atoms with Gasteiger partial charge in [0.25, 0.3) is 0 Å². The second-order valence-corrected chi connectivity index (χ2v) is 16.0. The minimum atomic E-state index is -0.463. The van der Waals surface area contributed by atoms with E-state index in [1.165, 1.54) is 101 Å². The van der Waals surface area contributed by atoms with Crippen LogP contribution in [0.3, 0.4) is 0 Å². The van der Waals surface area contributed by atoms with Gasteiger partial charge >= 0.3 is 0 Å². The molecule has 0 N–H and O–H groups in total. The molecule has 8 aromatic carbocycles. The van der Waals surface area contributed by atoms with Crippen LogP contribution in [0.2, 0.25) is 0 Å². The van der Waals surface area contributed by atoms with E-state index in [9.17, 15) is 0 Å². The monoisotopic (exact) mass is 695 g/mol. The number of rotatable bonds is 3. The molecule has 1 aliphatic rings. The van der Waals surface area contributed by atoms with Crippen molar-refractivity contribution in [1.29, 1.82) is 0 Å². The number of benzene rings is 8. The zero-order valence-corrected chi connectivity index (χ0v) is 29.6. The summed E-state index contributed by atoms with van der Waals surface area (Å²) < 4.78 is 7.97. The van der Waals surface area contributed by atoms with Crippen molar-refractivity contribution in [3.63, 3.8) is 0 Å². The quantitative estimate of drug-likeness (QED) is 0.173. The smallest absolute Gasteiger partial charge is 0.0734 e. The average molecular weight is 696 g/mol. The van der Waals surface area contributed by atoms with Crippen molar-refractivity contribution >= 4 is 84.8 Å². The van der Waals surface area contributed by atoms with Crippen molar-refractivity contribution in [2.24, 2.45) is 0 Å². The van der Waals surface area contributed by atoms with Crippen LogP contribution in [0.4, 0.5) is 0 Å². The van der Waals surface area contributed by atoms with Gasteiger partial charge in [-0.1, -0.05) is 146 Å². The largest absolute Gasteiger partial charge is 0.308 e. The lowest BCUT2D eigenvalue weighted by atomic mass is 9.67. The zero-order valence-electron chi connectivity index (χ0n) is 28.0. The van der Waals surface area contributed by atoms with Gasteiger partial charge in [0.1, 0.15) is 0 Å². The lowest BCUT2D eigenvalue weighted by Crippen LogP contribution is -2.28. The first-order valence-corrected chi connectivity index (χ1v) is 19.5. The van der Waals surface area contributed by atoms with Gasteiger partial charge in [-0.25, -0.2) is 0 Å². The summed E-state index contributed by atoms with van der Waals surface area (Å²) in [6.07, 6.45) is 0. The highest BCUT2D eigenvalue weighted by Gasteiger charge is 2.46. The molecule has 0 fully saturated rings. The summed E-state index contributed by atoms with van der Waals surface area (Å²) in [5, 5.41) is 8.11. The third kappa shape index (κ3) is 3.57. The van der Waals surface area contributed by atoms with Gasteiger partial charge < -0.3 is 4.57 Å². The third-order valence-electron chi connectivity index (χ3n) is 11.5. The highest BCUT2D eigenvalue weighted by Crippen LogP contribution is 2.57. The molecule has 11 aromatic rings. The molecule has 0 saturated carbocycles. The number of aromatic nitrogens is 1. The number of hydrogen-bond acceptors (Lipinski definition) is 2. The minimum absolute atomic E-state index is 0.463. The highest BCUT2D eigenvalue weighted by atomic mass is 32.1. The van der Waals surface area contributed by atoms with Crippen molar-refractivity contribution in [1.82, 2.24) is 4.57 Å². The molecule has 242 valence electrons. The van der Waals surface area contributed by atoms with Crippen LogP contribution >= 0.6 is 22.7 Å². The van der Waals surface area contributed by atoms with Crippen LogP contribution in [0.25, 0.3) is 79.0 Å². The Kier molecular flexibility index (Phi) is 5.80. The molecule has 1 aliphatic carbocycles. The van der Waals surface area contributed by atoms with Crippen LogP contribution in [-0.4, -0.2) is 4.57 Å². The van der Waals surface area contributed by atoms with E-state index < -0.39 is 5.41 Å². The van der Waals surface area contributed by atoms with E-state index >= 15 is 0 Å². The number of fused-ring (bicyclic) bond motifs is 15. The molecule has 0 aliphatic heterocycles. The van der Waals surface area contributed by atoms with Crippen molar-refractivity contribution in [3.8, 4) is 16.8 Å². The van der Waals surface area contributed by atoms with Crippen molar-refractivity contribution in [2.75, 3.05) is 0 Å². The summed E-state index contributed by atoms with van der Waals surface area (Å²) >= 11 is 3.87. The van der Waals surface area contributed by atoms with Crippen LogP contribution in [0.15, 0.2) is 176 Å². The van der Waals surface area contributed by atoms with Gasteiger partial charge in [0.15, 0.2) is 0 Å². The fraction of sp³-hybridized carbons (Fsp3) is 0.0204. The Morgan fingerprint density at radius 1 is 0.404 bits per heavy atom. The summed E-state index contributed by atoms with van der Waals surface area (Å²) in [5.74, 6) is 0. The van der Waals surface area contributed by atoms with Crippen molar-refractivity contribution < 1.29 is 0 Å². The van der Waals surface area contributed by atoms with E-state index in [2.05, 4.69) is 180 Å². The van der Waals surface area contributed by atoms with E-state index in [0.29, 0.717) is 0 Å². The second kappa shape index (κ2) is 10.5. The van der Waals surface area contributed by atoms with Gasteiger partial charge in [-0.05, 0) is 63.7 Å². The topological polar surface area (TPSA) is 4.93 Å². The van der Waals surface area contributed by atoms with E-state index in [0.717, 1.165) is 0 Å². The first kappa shape index (κ1) is 28.7. The number of hydrogen-bond donors (Lipinski definition) is 0. The summed E-state index contributed by atoms with van der Waals surface area (Å²) in [5.41, 5.74) is 11.1. The Bertz CT molecular complexity index is 3190. The number of para-hydroxylation sites is 1. The summed E-state index contributed by atoms with van der Waals surface area (Å²) in [4.78, 5) is 0. The molecule has 0 spiro atoms. The Balaban J connectivity index is 1.27. The fourth-order valence-electron chi connectivity index (χ4n) is 9.45. The molecule has 0 radical (unpaired) electrons. The minimum Gasteiger partial charge on any atom is -0.308 e. The first-order chi connectivity index (χ1) is 25.8. The Morgan fingerprint density at radius 2 is 0.942 bits per heavy atom. The van der Waals surface area contributed by atoms with E-state index in [1.54, 1.807) is 0 Å². The molecule has 0 bridgehead atoms. The molecule has 3 heteroatoms. The normalized spacial score (nSPS) is 13.5. The van der Waals surface area contributed by atoms with Gasteiger partial charge in [-0.3, -0.25) is 0 Å². The lowest BCUT2D eigenvalue weighted by Gasteiger charge is -2.34. The second-order valence-electron chi connectivity index (χ2n) is 13.9. The van der Waals surface area contributed by atoms with Crippen LogP contribution in [-0.2, 0) is 5.41 Å². The van der Waals surface area contributed by atoms with Gasteiger partial charge in [0.2, 0.25) is 0 Å². The Hall–Kier alpha value is -6.00. The zero-order chi connectivity index (χ0) is 34.0. The van der Waals surface area contributed by atoms with Crippen LogP contribution in [0.5, 0.6) is 0 Å². The van der Waals surface area contributed by atoms with Gasteiger partial charge in [0, 0.05) is 52.1 Å². The molecule has 0 atom stereocenters. The van der Waals surface area contributed by atoms with Gasteiger partial charge in [-0.2, -0.15) is 0 Å². The molecule has 0 saturated heterocycles. The summed E-state index contributed by atoms with van der Waals surface area (Å²) in [6.45, 7) is 0. The highest BCUT2D eigenvalue weighted by molar-refractivity contribution is 7.29. The van der Waals surface area contributed by atoms with Crippen LogP contribution in [0, 0.1) is 0 Å². The molecule has 52 heavy (non-hydrogen) atoms. The molecule has 1 nitrogen and oxygen atoms in total. The molecular weight excluding hydrogens is 667 g/mol. The van der Waals surface area contributed by atoms with Crippen molar-refractivity contribution in [2.45, 2.75) is 5.41 Å². The molecule has 3 aromatic heterocycles. The lowest BCUT2D eigenvalue weighted by molar-refractivity contribution is 0.767. The summed E-state index contributed by atoms with van der Waals surface area (Å²) in [6, 6.07) is 65.5. The van der Waals surface area contributed by atoms with Crippen LogP contribution in [0.1, 0.15) is 22.3 Å². The Labute approximate surface area is 308 Å². The molecule has 0 unspecified atom stereocenters. The predicted octanol–water partition coefficient (Wildman–Crippen LogP) is 13.9. The van der Waals surface area contributed by atoms with Crippen molar-refractivity contribution in [3.05, 3.63) is 198 Å². The molecule has 0 amide bonds. The predicted molar refractivity (Wildman–Crippen MR) is 224 cm³/mol. The molecular formula is C49H29NS2. The van der Waals surface area contributed by atoms with Crippen LogP contribution < -0.4 is 0 Å². The maximum atomic E-state index is 2.58. The standard InChI is InChI=1S/C49H29NS2/c1-3-15-30(16-4-1)49(31-17-5-2-6-18-31)38-23-11-7-19-33(38)34-28-27-32(29-39(34)49)50-40-24-12-8-20-35(40)45-46(50)48-44(37-22-10-14-26-42(37)52-48)43-36-21-9-13-25-41(36)51-47(43)45/h1-29H. The number of nitrogens with zero attached hydrogens (tertiary/aromatic N) is 1. The van der Waals surface area contributed by atoms with Gasteiger partial charge in [0.05, 0.1) is 21.1 Å². The van der Waals surface area contributed by atoms with E-state index in [4.69, 9.17) is 0 Å².